The van der Waals surface area contributed by atoms with Crippen molar-refractivity contribution in [2.45, 2.75) is 6.61 Å². The highest BCUT2D eigenvalue weighted by Gasteiger charge is 2.21. The predicted molar refractivity (Wildman–Crippen MR) is 75.2 cm³/mol. The van der Waals surface area contributed by atoms with E-state index in [-0.39, 0.29) is 5.56 Å². The maximum absolute atomic E-state index is 11.2. The van der Waals surface area contributed by atoms with Crippen LogP contribution in [0, 0.1) is 0 Å². The SMILES string of the molecule is O=C(O)c1cc2c(c(OCc3ccccc3)c1)OCCO2. The summed E-state index contributed by atoms with van der Waals surface area (Å²) < 4.78 is 16.7. The van der Waals surface area contributed by atoms with Crippen LogP contribution in [0.2, 0.25) is 0 Å². The number of carboxylic acids is 1. The van der Waals surface area contributed by atoms with E-state index >= 15 is 0 Å². The fraction of sp³-hybridized carbons (Fsp3) is 0.188. The molecule has 108 valence electrons. The van der Waals surface area contributed by atoms with Crippen molar-refractivity contribution in [2.75, 3.05) is 13.2 Å². The van der Waals surface area contributed by atoms with Crippen molar-refractivity contribution in [1.82, 2.24) is 0 Å². The molecule has 0 atom stereocenters. The molecule has 5 nitrogen and oxygen atoms in total. The highest BCUT2D eigenvalue weighted by Crippen LogP contribution is 2.40. The average molecular weight is 286 g/mol. The molecule has 1 heterocycles. The quantitative estimate of drug-likeness (QED) is 0.936. The highest BCUT2D eigenvalue weighted by molar-refractivity contribution is 5.89. The Balaban J connectivity index is 1.89. The minimum atomic E-state index is -1.03. The third-order valence-corrected chi connectivity index (χ3v) is 3.09. The van der Waals surface area contributed by atoms with E-state index in [2.05, 4.69) is 0 Å². The molecular weight excluding hydrogens is 272 g/mol. The van der Waals surface area contributed by atoms with Gasteiger partial charge >= 0.3 is 5.97 Å². The standard InChI is InChI=1S/C16H14O5/c17-16(18)12-8-13-15(20-7-6-19-13)14(9-12)21-10-11-4-2-1-3-5-11/h1-5,8-9H,6-7,10H2,(H,17,18). The number of benzene rings is 2. The molecule has 2 aromatic carbocycles. The van der Waals surface area contributed by atoms with Crippen LogP contribution in [-0.4, -0.2) is 24.3 Å². The number of carboxylic acid groups (broad SMARTS) is 1. The van der Waals surface area contributed by atoms with Gasteiger partial charge in [-0.25, -0.2) is 4.79 Å². The lowest BCUT2D eigenvalue weighted by Gasteiger charge is -2.21. The molecule has 0 bridgehead atoms. The second-order valence-electron chi connectivity index (χ2n) is 4.58. The molecule has 0 aliphatic carbocycles. The van der Waals surface area contributed by atoms with E-state index in [0.29, 0.717) is 37.1 Å². The normalized spacial score (nSPS) is 12.8. The number of aromatic carboxylic acids is 1. The van der Waals surface area contributed by atoms with Crippen LogP contribution in [0.3, 0.4) is 0 Å². The van der Waals surface area contributed by atoms with Crippen molar-refractivity contribution in [3.05, 3.63) is 53.6 Å². The maximum Gasteiger partial charge on any atom is 0.335 e. The lowest BCUT2D eigenvalue weighted by molar-refractivity contribution is 0.0694. The molecule has 0 fully saturated rings. The van der Waals surface area contributed by atoms with Crippen molar-refractivity contribution in [2.24, 2.45) is 0 Å². The van der Waals surface area contributed by atoms with Crippen molar-refractivity contribution >= 4 is 5.97 Å². The zero-order chi connectivity index (χ0) is 14.7. The second-order valence-corrected chi connectivity index (χ2v) is 4.58. The molecule has 2 aromatic rings. The molecule has 21 heavy (non-hydrogen) atoms. The topological polar surface area (TPSA) is 65.0 Å². The molecule has 1 aliphatic heterocycles. The third-order valence-electron chi connectivity index (χ3n) is 3.09. The van der Waals surface area contributed by atoms with E-state index in [1.54, 1.807) is 0 Å². The molecule has 0 amide bonds. The van der Waals surface area contributed by atoms with Gasteiger partial charge in [0.25, 0.3) is 0 Å². The summed E-state index contributed by atoms with van der Waals surface area (Å²) in [5.74, 6) is 0.219. The van der Waals surface area contributed by atoms with E-state index in [9.17, 15) is 4.79 Å². The summed E-state index contributed by atoms with van der Waals surface area (Å²) in [6.45, 7) is 1.15. The first kappa shape index (κ1) is 13.3. The number of fused-ring (bicyclic) bond motifs is 1. The molecule has 0 saturated heterocycles. The molecule has 0 spiro atoms. The molecule has 3 rings (SSSR count). The molecule has 1 N–H and O–H groups in total. The summed E-state index contributed by atoms with van der Waals surface area (Å²) in [4.78, 5) is 11.2. The molecule has 5 heteroatoms. The molecular formula is C16H14O5. The largest absolute Gasteiger partial charge is 0.486 e. The number of hydrogen-bond acceptors (Lipinski definition) is 4. The Kier molecular flexibility index (Phi) is 3.64. The fourth-order valence-corrected chi connectivity index (χ4v) is 2.09. The van der Waals surface area contributed by atoms with Gasteiger partial charge in [-0.1, -0.05) is 30.3 Å². The van der Waals surface area contributed by atoms with Gasteiger partial charge in [-0.15, -0.1) is 0 Å². The van der Waals surface area contributed by atoms with E-state index in [1.807, 2.05) is 30.3 Å². The van der Waals surface area contributed by atoms with E-state index in [1.165, 1.54) is 12.1 Å². The molecule has 0 aromatic heterocycles. The first-order valence-electron chi connectivity index (χ1n) is 6.58. The van der Waals surface area contributed by atoms with Crippen molar-refractivity contribution in [3.63, 3.8) is 0 Å². The summed E-state index contributed by atoms with van der Waals surface area (Å²) >= 11 is 0. The Hall–Kier alpha value is -2.69. The van der Waals surface area contributed by atoms with Crippen LogP contribution < -0.4 is 14.2 Å². The highest BCUT2D eigenvalue weighted by atomic mass is 16.6. The van der Waals surface area contributed by atoms with Gasteiger partial charge in [-0.3, -0.25) is 0 Å². The van der Waals surface area contributed by atoms with Crippen LogP contribution >= 0.6 is 0 Å². The van der Waals surface area contributed by atoms with Gasteiger partial charge in [0.05, 0.1) is 5.56 Å². The lowest BCUT2D eigenvalue weighted by atomic mass is 10.1. The summed E-state index contributed by atoms with van der Waals surface area (Å²) in [7, 11) is 0. The number of rotatable bonds is 4. The van der Waals surface area contributed by atoms with Crippen LogP contribution in [0.15, 0.2) is 42.5 Å². The second kappa shape index (κ2) is 5.75. The third kappa shape index (κ3) is 2.91. The summed E-state index contributed by atoms with van der Waals surface area (Å²) in [6.07, 6.45) is 0. The van der Waals surface area contributed by atoms with Gasteiger partial charge in [-0.05, 0) is 17.7 Å². The molecule has 0 saturated carbocycles. The van der Waals surface area contributed by atoms with Crippen LogP contribution in [0.25, 0.3) is 0 Å². The van der Waals surface area contributed by atoms with Gasteiger partial charge < -0.3 is 19.3 Å². The van der Waals surface area contributed by atoms with E-state index in [4.69, 9.17) is 19.3 Å². The Morgan fingerprint density at radius 1 is 1.14 bits per heavy atom. The summed E-state index contributed by atoms with van der Waals surface area (Å²) in [5.41, 5.74) is 1.10. The Labute approximate surface area is 121 Å². The minimum Gasteiger partial charge on any atom is -0.486 e. The average Bonchev–Trinajstić information content (AvgIpc) is 2.53. The monoisotopic (exact) mass is 286 g/mol. The van der Waals surface area contributed by atoms with E-state index in [0.717, 1.165) is 5.56 Å². The zero-order valence-electron chi connectivity index (χ0n) is 11.2. The Morgan fingerprint density at radius 3 is 2.67 bits per heavy atom. The van der Waals surface area contributed by atoms with Crippen LogP contribution in [0.5, 0.6) is 17.2 Å². The fourth-order valence-electron chi connectivity index (χ4n) is 2.09. The van der Waals surface area contributed by atoms with Gasteiger partial charge in [-0.2, -0.15) is 0 Å². The van der Waals surface area contributed by atoms with Crippen molar-refractivity contribution in [3.8, 4) is 17.2 Å². The molecule has 1 aliphatic rings. The maximum atomic E-state index is 11.2. The number of hydrogen-bond donors (Lipinski definition) is 1. The summed E-state index contributed by atoms with van der Waals surface area (Å²) in [5, 5.41) is 9.14. The predicted octanol–water partition coefficient (Wildman–Crippen LogP) is 2.74. The van der Waals surface area contributed by atoms with E-state index < -0.39 is 5.97 Å². The van der Waals surface area contributed by atoms with Gasteiger partial charge in [0.15, 0.2) is 11.5 Å². The van der Waals surface area contributed by atoms with Crippen LogP contribution in [0.4, 0.5) is 0 Å². The summed E-state index contributed by atoms with van der Waals surface area (Å²) in [6, 6.07) is 12.5. The lowest BCUT2D eigenvalue weighted by Crippen LogP contribution is -2.17. The van der Waals surface area contributed by atoms with Crippen LogP contribution in [-0.2, 0) is 6.61 Å². The Bertz CT molecular complexity index is 651. The smallest absolute Gasteiger partial charge is 0.335 e. The molecule has 0 radical (unpaired) electrons. The van der Waals surface area contributed by atoms with Crippen molar-refractivity contribution < 1.29 is 24.1 Å². The Morgan fingerprint density at radius 2 is 1.90 bits per heavy atom. The van der Waals surface area contributed by atoms with Gasteiger partial charge in [0.1, 0.15) is 19.8 Å². The zero-order valence-corrected chi connectivity index (χ0v) is 11.2. The number of carbonyl (C=O) groups is 1. The first-order chi connectivity index (χ1) is 10.2. The van der Waals surface area contributed by atoms with Gasteiger partial charge in [0.2, 0.25) is 5.75 Å². The van der Waals surface area contributed by atoms with Crippen molar-refractivity contribution in [1.29, 1.82) is 0 Å². The molecule has 0 unspecified atom stereocenters. The minimum absolute atomic E-state index is 0.113. The number of ether oxygens (including phenoxy) is 3. The first-order valence-corrected chi connectivity index (χ1v) is 6.58. The van der Waals surface area contributed by atoms with Crippen LogP contribution in [0.1, 0.15) is 15.9 Å². The van der Waals surface area contributed by atoms with Gasteiger partial charge in [0, 0.05) is 0 Å².